The molecular formula is C13H17N3. The topological polar surface area (TPSA) is 30.7 Å². The van der Waals surface area contributed by atoms with Gasteiger partial charge in [-0.05, 0) is 18.1 Å². The van der Waals surface area contributed by atoms with Gasteiger partial charge in [0.05, 0.1) is 0 Å². The molecule has 0 amide bonds. The van der Waals surface area contributed by atoms with Gasteiger partial charge in [-0.1, -0.05) is 19.4 Å². The monoisotopic (exact) mass is 215 g/mol. The van der Waals surface area contributed by atoms with Crippen LogP contribution in [0.15, 0.2) is 36.9 Å². The Morgan fingerprint density at radius 2 is 2.25 bits per heavy atom. The number of hydrogen-bond acceptors (Lipinski definition) is 2. The first-order valence-electron chi connectivity index (χ1n) is 5.79. The molecule has 0 saturated carbocycles. The Bertz CT molecular complexity index is 420. The fourth-order valence-electron chi connectivity index (χ4n) is 1.72. The summed E-state index contributed by atoms with van der Waals surface area (Å²) in [5, 5.41) is 0. The minimum absolute atomic E-state index is 0.866. The molecule has 3 heteroatoms. The molecule has 0 bridgehead atoms. The number of aryl methyl sites for hydroxylation is 1. The van der Waals surface area contributed by atoms with Gasteiger partial charge in [0.1, 0.15) is 5.82 Å². The van der Waals surface area contributed by atoms with E-state index in [1.807, 2.05) is 18.5 Å². The van der Waals surface area contributed by atoms with E-state index < -0.39 is 0 Å². The lowest BCUT2D eigenvalue weighted by Gasteiger charge is -2.06. The van der Waals surface area contributed by atoms with E-state index in [2.05, 4.69) is 33.7 Å². The minimum atomic E-state index is 0.866. The maximum Gasteiger partial charge on any atom is 0.113 e. The van der Waals surface area contributed by atoms with Gasteiger partial charge < -0.3 is 4.57 Å². The van der Waals surface area contributed by atoms with Crippen molar-refractivity contribution < 1.29 is 0 Å². The summed E-state index contributed by atoms with van der Waals surface area (Å²) in [6.07, 6.45) is 10.9. The van der Waals surface area contributed by atoms with Crippen LogP contribution in [0.5, 0.6) is 0 Å². The van der Waals surface area contributed by atoms with E-state index in [0.717, 1.165) is 18.8 Å². The summed E-state index contributed by atoms with van der Waals surface area (Å²) < 4.78 is 2.23. The number of pyridine rings is 1. The molecule has 0 atom stereocenters. The second kappa shape index (κ2) is 5.45. The molecule has 0 saturated heterocycles. The van der Waals surface area contributed by atoms with E-state index in [1.54, 1.807) is 6.20 Å². The molecule has 0 aromatic carbocycles. The number of rotatable bonds is 5. The van der Waals surface area contributed by atoms with Gasteiger partial charge in [-0.15, -0.1) is 0 Å². The highest BCUT2D eigenvalue weighted by atomic mass is 15.1. The molecule has 3 nitrogen and oxygen atoms in total. The number of unbranched alkanes of at least 4 members (excludes halogenated alkanes) is 1. The standard InChI is InChI=1S/C13H17N3/c1-2-3-8-16-9-7-15-13(16)10-12-5-4-6-14-11-12/h4-7,9,11H,2-3,8,10H2,1H3. The normalized spacial score (nSPS) is 10.6. The molecule has 0 radical (unpaired) electrons. The van der Waals surface area contributed by atoms with E-state index in [-0.39, 0.29) is 0 Å². The van der Waals surface area contributed by atoms with E-state index in [0.29, 0.717) is 0 Å². The molecule has 16 heavy (non-hydrogen) atoms. The Hall–Kier alpha value is -1.64. The Morgan fingerprint density at radius 3 is 3.00 bits per heavy atom. The summed E-state index contributed by atoms with van der Waals surface area (Å²) in [7, 11) is 0. The van der Waals surface area contributed by atoms with Gasteiger partial charge in [0.15, 0.2) is 0 Å². The number of hydrogen-bond donors (Lipinski definition) is 0. The van der Waals surface area contributed by atoms with Crippen molar-refractivity contribution in [2.45, 2.75) is 32.7 Å². The van der Waals surface area contributed by atoms with Crippen LogP contribution in [0.25, 0.3) is 0 Å². The van der Waals surface area contributed by atoms with Crippen LogP contribution in [0, 0.1) is 0 Å². The quantitative estimate of drug-likeness (QED) is 0.767. The molecule has 0 aliphatic heterocycles. The maximum absolute atomic E-state index is 4.40. The van der Waals surface area contributed by atoms with Crippen molar-refractivity contribution in [3.63, 3.8) is 0 Å². The van der Waals surface area contributed by atoms with Gasteiger partial charge in [0.2, 0.25) is 0 Å². The zero-order chi connectivity index (χ0) is 11.2. The van der Waals surface area contributed by atoms with Crippen molar-refractivity contribution in [1.82, 2.24) is 14.5 Å². The largest absolute Gasteiger partial charge is 0.335 e. The SMILES string of the molecule is CCCCn1ccnc1Cc1cccnc1. The molecule has 2 rings (SSSR count). The molecule has 2 heterocycles. The van der Waals surface area contributed by atoms with Crippen molar-refractivity contribution >= 4 is 0 Å². The van der Waals surface area contributed by atoms with Crippen molar-refractivity contribution in [3.05, 3.63) is 48.3 Å². The third-order valence-electron chi connectivity index (χ3n) is 2.64. The summed E-state index contributed by atoms with van der Waals surface area (Å²) in [5.41, 5.74) is 1.21. The average Bonchev–Trinajstić information content (AvgIpc) is 2.75. The van der Waals surface area contributed by atoms with E-state index in [9.17, 15) is 0 Å². The highest BCUT2D eigenvalue weighted by molar-refractivity contribution is 5.14. The van der Waals surface area contributed by atoms with Gasteiger partial charge in [-0.25, -0.2) is 4.98 Å². The summed E-state index contributed by atoms with van der Waals surface area (Å²) >= 11 is 0. The van der Waals surface area contributed by atoms with Crippen LogP contribution in [0.4, 0.5) is 0 Å². The number of aromatic nitrogens is 3. The van der Waals surface area contributed by atoms with Crippen molar-refractivity contribution in [2.75, 3.05) is 0 Å². The second-order valence-corrected chi connectivity index (χ2v) is 3.93. The molecule has 0 N–H and O–H groups in total. The fraction of sp³-hybridized carbons (Fsp3) is 0.385. The molecule has 0 spiro atoms. The lowest BCUT2D eigenvalue weighted by Crippen LogP contribution is -2.04. The van der Waals surface area contributed by atoms with Crippen molar-refractivity contribution in [1.29, 1.82) is 0 Å². The Morgan fingerprint density at radius 1 is 1.31 bits per heavy atom. The van der Waals surface area contributed by atoms with Crippen LogP contribution >= 0.6 is 0 Å². The maximum atomic E-state index is 4.40. The Labute approximate surface area is 96.2 Å². The number of imidazole rings is 1. The predicted molar refractivity (Wildman–Crippen MR) is 64.2 cm³/mol. The number of nitrogens with zero attached hydrogens (tertiary/aromatic N) is 3. The van der Waals surface area contributed by atoms with Crippen LogP contribution < -0.4 is 0 Å². The molecule has 0 fully saturated rings. The van der Waals surface area contributed by atoms with Gasteiger partial charge in [-0.2, -0.15) is 0 Å². The fourth-order valence-corrected chi connectivity index (χ4v) is 1.72. The van der Waals surface area contributed by atoms with Crippen LogP contribution in [-0.2, 0) is 13.0 Å². The lowest BCUT2D eigenvalue weighted by atomic mass is 10.2. The van der Waals surface area contributed by atoms with Crippen molar-refractivity contribution in [2.24, 2.45) is 0 Å². The summed E-state index contributed by atoms with van der Waals surface area (Å²) in [6.45, 7) is 3.27. The molecular weight excluding hydrogens is 198 g/mol. The lowest BCUT2D eigenvalue weighted by molar-refractivity contribution is 0.608. The summed E-state index contributed by atoms with van der Waals surface area (Å²) in [6, 6.07) is 4.06. The Balaban J connectivity index is 2.07. The van der Waals surface area contributed by atoms with Crippen LogP contribution in [-0.4, -0.2) is 14.5 Å². The molecule has 2 aromatic rings. The highest BCUT2D eigenvalue weighted by Crippen LogP contribution is 2.07. The average molecular weight is 215 g/mol. The van der Waals surface area contributed by atoms with Gasteiger partial charge in [-0.3, -0.25) is 4.98 Å². The first-order chi connectivity index (χ1) is 7.90. The third kappa shape index (κ3) is 2.69. The Kier molecular flexibility index (Phi) is 3.70. The molecule has 2 aromatic heterocycles. The van der Waals surface area contributed by atoms with Crippen LogP contribution in [0.2, 0.25) is 0 Å². The van der Waals surface area contributed by atoms with E-state index in [1.165, 1.54) is 18.4 Å². The third-order valence-corrected chi connectivity index (χ3v) is 2.64. The molecule has 84 valence electrons. The zero-order valence-corrected chi connectivity index (χ0v) is 9.63. The second-order valence-electron chi connectivity index (χ2n) is 3.93. The molecule has 0 unspecified atom stereocenters. The van der Waals surface area contributed by atoms with Crippen molar-refractivity contribution in [3.8, 4) is 0 Å². The van der Waals surface area contributed by atoms with Crippen LogP contribution in [0.3, 0.4) is 0 Å². The zero-order valence-electron chi connectivity index (χ0n) is 9.63. The van der Waals surface area contributed by atoms with Gasteiger partial charge in [0.25, 0.3) is 0 Å². The molecule has 0 aliphatic rings. The minimum Gasteiger partial charge on any atom is -0.335 e. The molecule has 0 aliphatic carbocycles. The van der Waals surface area contributed by atoms with E-state index in [4.69, 9.17) is 0 Å². The smallest absolute Gasteiger partial charge is 0.113 e. The van der Waals surface area contributed by atoms with Crippen LogP contribution in [0.1, 0.15) is 31.2 Å². The van der Waals surface area contributed by atoms with Gasteiger partial charge >= 0.3 is 0 Å². The highest BCUT2D eigenvalue weighted by Gasteiger charge is 2.03. The van der Waals surface area contributed by atoms with E-state index >= 15 is 0 Å². The summed E-state index contributed by atoms with van der Waals surface area (Å²) in [5.74, 6) is 1.13. The predicted octanol–water partition coefficient (Wildman–Crippen LogP) is 2.67. The first kappa shape index (κ1) is 10.9. The van der Waals surface area contributed by atoms with Gasteiger partial charge in [0, 0.05) is 37.8 Å². The first-order valence-corrected chi connectivity index (χ1v) is 5.79. The summed E-state index contributed by atoms with van der Waals surface area (Å²) in [4.78, 5) is 8.52.